The third-order valence-electron chi connectivity index (χ3n) is 16.2. The van der Waals surface area contributed by atoms with Gasteiger partial charge in [-0.3, -0.25) is 0 Å². The van der Waals surface area contributed by atoms with Gasteiger partial charge < -0.3 is 0 Å². The molecule has 402 valence electrons. The number of hydrogen-bond donors (Lipinski definition) is 0. The summed E-state index contributed by atoms with van der Waals surface area (Å²) in [6.07, 6.45) is 6.32. The van der Waals surface area contributed by atoms with Crippen molar-refractivity contribution in [2.24, 2.45) is 0 Å². The molecule has 0 atom stereocenters. The number of rotatable bonds is 4. The molecule has 4 heterocycles. The monoisotopic (exact) mass is 1270 g/mol. The van der Waals surface area contributed by atoms with Gasteiger partial charge in [0.1, 0.15) is 0 Å². The van der Waals surface area contributed by atoms with Crippen LogP contribution in [0.15, 0.2) is 279 Å². The summed E-state index contributed by atoms with van der Waals surface area (Å²) in [5, 5.41) is 0. The molecule has 0 radical (unpaired) electrons. The molecule has 0 aliphatic carbocycles. The van der Waals surface area contributed by atoms with Crippen LogP contribution in [0.5, 0.6) is 11.5 Å². The van der Waals surface area contributed by atoms with Crippen LogP contribution in [-0.4, -0.2) is 8.29 Å². The molecule has 6 heteroatoms. The van der Waals surface area contributed by atoms with Crippen molar-refractivity contribution >= 4 is 53.8 Å². The number of aryl methyl sites for hydroxylation is 1. The Morgan fingerprint density at radius 3 is 1.19 bits per heavy atom. The van der Waals surface area contributed by atoms with E-state index in [4.69, 9.17) is 11.2 Å². The summed E-state index contributed by atoms with van der Waals surface area (Å²) >= 11 is -1.36. The number of ether oxygens (including phenoxy) is 1. The Morgan fingerprint density at radius 1 is 0.341 bits per heavy atom. The third kappa shape index (κ3) is 8.72. The van der Waals surface area contributed by atoms with E-state index in [0.717, 1.165) is 149 Å². The molecule has 16 rings (SSSR count). The van der Waals surface area contributed by atoms with Crippen LogP contribution in [-0.2, 0) is 17.6 Å². The summed E-state index contributed by atoms with van der Waals surface area (Å²) in [4.78, 5) is 10.2. The predicted octanol–water partition coefficient (Wildman–Crippen LogP) is 19.3. The van der Waals surface area contributed by atoms with E-state index in [9.17, 15) is 0 Å². The van der Waals surface area contributed by atoms with Gasteiger partial charge in [-0.15, -0.1) is 0 Å². The fourth-order valence-electron chi connectivity index (χ4n) is 12.3. The van der Waals surface area contributed by atoms with Crippen molar-refractivity contribution in [3.8, 4) is 102 Å². The molecule has 85 heavy (non-hydrogen) atoms. The fourth-order valence-corrected chi connectivity index (χ4v) is 16.0. The fraction of sp³-hybridized carbons (Fsp3) is 0.0127. The first-order chi connectivity index (χ1) is 42.0. The second-order valence-electron chi connectivity index (χ2n) is 21.6. The second kappa shape index (κ2) is 20.6. The number of hydrogen-bond acceptors (Lipinski definition) is 5. The van der Waals surface area contributed by atoms with Crippen LogP contribution in [0.4, 0.5) is 45.5 Å². The molecule has 5 nitrogen and oxygen atoms in total. The van der Waals surface area contributed by atoms with E-state index in [-0.39, 0.29) is 0 Å². The van der Waals surface area contributed by atoms with Crippen LogP contribution in [0.25, 0.3) is 66.8 Å². The standard InChI is InChI=1S/C79H50N4O.Pt/c1-3-55-21-15-29-61(43-55)71-47-65(59-26-8-5-9-27-59)49-73-63-31-17-23-57(45-63)41-40-56-22-16-30-62(44-56)72-48-64(58-24-6-4-7-25-58)46-70(60-28-14-20-54(2)42-60)78(72)82-52-80(74-36-10-12-38-76(74)82)66-32-18-34-68(50-66)84-69-35-19-33-67(51-69)81-53-83(79(71)73)77-39-13-11-37-75(77)81;/h1,4-39,42-51H,2H3;. The number of anilines is 8. The molecule has 0 amide bonds. The molecule has 0 N–H and O–H groups in total. The Labute approximate surface area is 503 Å². The SMILES string of the molecule is C#Cc1cccc(-c2cc(-c3ccccc3)cc3c2N2[C]4=[Pt]=[C]5N(c6cccc(c6)Oc6cccc(c6)N4c4ccccc42)c2ccccc2N5c2c(-c4cccc(C)c4)cc(-c4ccccc4)cc2-c2cccc(c2)C#Cc2cccc-3c2)c1. The molecule has 4 aliphatic heterocycles. The van der Waals surface area contributed by atoms with Crippen LogP contribution < -0.4 is 24.3 Å². The van der Waals surface area contributed by atoms with Gasteiger partial charge in [-0.05, 0) is 0 Å². The molecule has 12 aromatic carbocycles. The molecule has 12 aromatic rings. The van der Waals surface area contributed by atoms with Gasteiger partial charge in [-0.1, -0.05) is 0 Å². The van der Waals surface area contributed by atoms with E-state index in [2.05, 4.69) is 317 Å². The normalized spacial score (nSPS) is 13.2. The Morgan fingerprint density at radius 2 is 0.729 bits per heavy atom. The average Bonchev–Trinajstić information content (AvgIpc) is 1.87. The summed E-state index contributed by atoms with van der Waals surface area (Å²) in [6.45, 7) is 2.19. The van der Waals surface area contributed by atoms with Gasteiger partial charge in [-0.2, -0.15) is 0 Å². The Balaban J connectivity index is 1.14. The van der Waals surface area contributed by atoms with E-state index in [0.29, 0.717) is 0 Å². The zero-order valence-electron chi connectivity index (χ0n) is 46.1. The van der Waals surface area contributed by atoms with Gasteiger partial charge in [-0.25, -0.2) is 0 Å². The van der Waals surface area contributed by atoms with Crippen molar-refractivity contribution in [2.75, 3.05) is 19.6 Å². The average molecular weight is 1270 g/mol. The van der Waals surface area contributed by atoms with Crippen molar-refractivity contribution in [3.63, 3.8) is 0 Å². The summed E-state index contributed by atoms with van der Waals surface area (Å²) in [6, 6.07) is 101. The molecule has 4 aliphatic rings. The van der Waals surface area contributed by atoms with Crippen LogP contribution in [0.1, 0.15) is 22.3 Å². The van der Waals surface area contributed by atoms with Crippen LogP contribution in [0, 0.1) is 31.1 Å². The first-order valence-corrected chi connectivity index (χ1v) is 30.7. The Hall–Kier alpha value is -10.8. The molecule has 0 unspecified atom stereocenters. The molecule has 0 fully saturated rings. The van der Waals surface area contributed by atoms with Crippen molar-refractivity contribution in [3.05, 3.63) is 301 Å². The van der Waals surface area contributed by atoms with Gasteiger partial charge in [0.15, 0.2) is 0 Å². The van der Waals surface area contributed by atoms with Crippen molar-refractivity contribution in [1.29, 1.82) is 0 Å². The number of para-hydroxylation sites is 4. The minimum absolute atomic E-state index is 0.743. The summed E-state index contributed by atoms with van der Waals surface area (Å²) in [7, 11) is 0. The van der Waals surface area contributed by atoms with Crippen LogP contribution in [0.2, 0.25) is 0 Å². The molecular formula is C79H50N4OPt. The summed E-state index contributed by atoms with van der Waals surface area (Å²) < 4.78 is 9.25. The zero-order chi connectivity index (χ0) is 56.5. The third-order valence-corrected chi connectivity index (χ3v) is 19.2. The van der Waals surface area contributed by atoms with Gasteiger partial charge in [0.2, 0.25) is 0 Å². The maximum atomic E-state index is 6.99. The first kappa shape index (κ1) is 50.0. The summed E-state index contributed by atoms with van der Waals surface area (Å²) in [5.74, 6) is 11.8. The van der Waals surface area contributed by atoms with E-state index in [1.54, 1.807) is 0 Å². The van der Waals surface area contributed by atoms with Gasteiger partial charge in [0, 0.05) is 0 Å². The van der Waals surface area contributed by atoms with Crippen molar-refractivity contribution in [1.82, 2.24) is 0 Å². The topological polar surface area (TPSA) is 22.2 Å². The van der Waals surface area contributed by atoms with E-state index >= 15 is 0 Å². The Bertz CT molecular complexity index is 4920. The zero-order valence-corrected chi connectivity index (χ0v) is 48.4. The maximum absolute atomic E-state index is 6.99. The number of terminal acetylenes is 1. The molecule has 0 saturated heterocycles. The number of benzene rings is 12. The number of nitrogens with zero attached hydrogens (tertiary/aromatic N) is 4. The summed E-state index contributed by atoms with van der Waals surface area (Å²) in [5.41, 5.74) is 25.1. The molecule has 10 bridgehead atoms. The minimum atomic E-state index is -1.36. The quantitative estimate of drug-likeness (QED) is 0.163. The Kier molecular flexibility index (Phi) is 12.1. The van der Waals surface area contributed by atoms with E-state index in [1.165, 1.54) is 5.56 Å². The number of fused-ring (bicyclic) bond motifs is 22. The van der Waals surface area contributed by atoms with Crippen molar-refractivity contribution < 1.29 is 22.4 Å². The predicted molar refractivity (Wildman–Crippen MR) is 349 cm³/mol. The van der Waals surface area contributed by atoms with Gasteiger partial charge in [0.25, 0.3) is 0 Å². The van der Waals surface area contributed by atoms with Gasteiger partial charge in [0.05, 0.1) is 0 Å². The molecule has 0 spiro atoms. The first-order valence-electron chi connectivity index (χ1n) is 28.4. The molecule has 0 aromatic heterocycles. The van der Waals surface area contributed by atoms with Crippen LogP contribution >= 0.6 is 0 Å². The van der Waals surface area contributed by atoms with Crippen molar-refractivity contribution in [2.45, 2.75) is 6.92 Å². The second-order valence-corrected chi connectivity index (χ2v) is 24.2. The molecule has 0 saturated carbocycles. The van der Waals surface area contributed by atoms with E-state index in [1.807, 2.05) is 6.07 Å². The van der Waals surface area contributed by atoms with Gasteiger partial charge >= 0.3 is 506 Å². The van der Waals surface area contributed by atoms with E-state index < -0.39 is 17.6 Å². The van der Waals surface area contributed by atoms with Crippen LogP contribution in [0.3, 0.4) is 0 Å². The molecular weight excluding hydrogens is 1220 g/mol.